The molecule has 5 nitrogen and oxygen atoms in total. The van der Waals surface area contributed by atoms with Gasteiger partial charge in [-0.1, -0.05) is 42.5 Å². The quantitative estimate of drug-likeness (QED) is 0.569. The number of esters is 1. The summed E-state index contributed by atoms with van der Waals surface area (Å²) in [7, 11) is 0. The summed E-state index contributed by atoms with van der Waals surface area (Å²) in [6.45, 7) is 2.60. The van der Waals surface area contributed by atoms with Crippen LogP contribution in [0.2, 0.25) is 0 Å². The molecule has 0 bridgehead atoms. The maximum absolute atomic E-state index is 12.2. The Balaban J connectivity index is 1.83. The van der Waals surface area contributed by atoms with Crippen LogP contribution < -0.4 is 0 Å². The lowest BCUT2D eigenvalue weighted by atomic mass is 10.1. The third kappa shape index (κ3) is 5.91. The average molecular weight is 348 g/mol. The molecule has 0 spiro atoms. The Bertz CT molecular complexity index is 805. The molecule has 2 rings (SSSR count). The summed E-state index contributed by atoms with van der Waals surface area (Å²) in [5.74, 6) is -0.824. The topological polar surface area (TPSA) is 70.4 Å². The molecule has 0 heterocycles. The van der Waals surface area contributed by atoms with Crippen LogP contribution in [0.3, 0.4) is 0 Å². The van der Waals surface area contributed by atoms with E-state index in [-0.39, 0.29) is 12.5 Å². The van der Waals surface area contributed by atoms with Gasteiger partial charge in [-0.3, -0.25) is 4.79 Å². The van der Waals surface area contributed by atoms with Crippen molar-refractivity contribution in [2.24, 2.45) is 0 Å². The molecular weight excluding hydrogens is 328 g/mol. The maximum Gasteiger partial charge on any atom is 0.331 e. The van der Waals surface area contributed by atoms with E-state index in [0.29, 0.717) is 18.7 Å². The van der Waals surface area contributed by atoms with E-state index < -0.39 is 5.97 Å². The van der Waals surface area contributed by atoms with Crippen LogP contribution in [0.15, 0.2) is 60.7 Å². The summed E-state index contributed by atoms with van der Waals surface area (Å²) >= 11 is 0. The fraction of sp³-hybridized carbons (Fsp3) is 0.190. The summed E-state index contributed by atoms with van der Waals surface area (Å²) < 4.78 is 5.02. The highest BCUT2D eigenvalue weighted by molar-refractivity contribution is 5.89. The molecule has 132 valence electrons. The molecule has 0 saturated carbocycles. The van der Waals surface area contributed by atoms with Gasteiger partial charge in [-0.2, -0.15) is 5.26 Å². The zero-order valence-electron chi connectivity index (χ0n) is 14.6. The number of benzene rings is 2. The molecule has 0 aliphatic heterocycles. The Kier molecular flexibility index (Phi) is 7.14. The molecule has 0 saturated heterocycles. The zero-order chi connectivity index (χ0) is 18.8. The molecule has 5 heteroatoms. The number of nitrogens with zero attached hydrogens (tertiary/aromatic N) is 2. The summed E-state index contributed by atoms with van der Waals surface area (Å²) in [5, 5.41) is 8.75. The average Bonchev–Trinajstić information content (AvgIpc) is 2.69. The van der Waals surface area contributed by atoms with Gasteiger partial charge in [-0.25, -0.2) is 4.79 Å². The normalized spacial score (nSPS) is 10.3. The second-order valence-corrected chi connectivity index (χ2v) is 5.57. The first-order chi connectivity index (χ1) is 12.6. The maximum atomic E-state index is 12.2. The highest BCUT2D eigenvalue weighted by Gasteiger charge is 2.13. The van der Waals surface area contributed by atoms with Crippen LogP contribution in [-0.4, -0.2) is 29.9 Å². The molecule has 0 fully saturated rings. The Morgan fingerprint density at radius 2 is 1.81 bits per heavy atom. The molecule has 0 atom stereocenters. The van der Waals surface area contributed by atoms with Gasteiger partial charge in [0, 0.05) is 19.2 Å². The van der Waals surface area contributed by atoms with Gasteiger partial charge < -0.3 is 9.64 Å². The lowest BCUT2D eigenvalue weighted by Crippen LogP contribution is -2.33. The number of likely N-dealkylation sites (N-methyl/N-ethyl adjacent to an activating group) is 1. The van der Waals surface area contributed by atoms with Crippen LogP contribution >= 0.6 is 0 Å². The van der Waals surface area contributed by atoms with Gasteiger partial charge in [0.05, 0.1) is 11.6 Å². The van der Waals surface area contributed by atoms with Crippen molar-refractivity contribution < 1.29 is 14.3 Å². The van der Waals surface area contributed by atoms with Gasteiger partial charge in [0.2, 0.25) is 0 Å². The van der Waals surface area contributed by atoms with E-state index in [1.165, 1.54) is 6.08 Å². The molecule has 0 N–H and O–H groups in total. The minimum absolute atomic E-state index is 0.239. The highest BCUT2D eigenvalue weighted by atomic mass is 16.5. The zero-order valence-corrected chi connectivity index (χ0v) is 14.6. The fourth-order valence-corrected chi connectivity index (χ4v) is 2.29. The standard InChI is InChI=1S/C21H20N2O3/c1-2-23(15-19-6-4-3-5-7-19)20(24)16-26-21(25)13-12-17-8-10-18(14-22)11-9-17/h3-13H,2,15-16H2,1H3/b13-12+. The van der Waals surface area contributed by atoms with Gasteiger partial charge in [0.25, 0.3) is 5.91 Å². The Morgan fingerprint density at radius 3 is 2.42 bits per heavy atom. The monoisotopic (exact) mass is 348 g/mol. The van der Waals surface area contributed by atoms with Crippen LogP contribution in [0.5, 0.6) is 0 Å². The second kappa shape index (κ2) is 9.80. The van der Waals surface area contributed by atoms with Crippen LogP contribution in [0.1, 0.15) is 23.6 Å². The minimum atomic E-state index is -0.585. The number of ether oxygens (including phenoxy) is 1. The van der Waals surface area contributed by atoms with Crippen LogP contribution in [0, 0.1) is 11.3 Å². The fourth-order valence-electron chi connectivity index (χ4n) is 2.29. The van der Waals surface area contributed by atoms with Crippen molar-refractivity contribution in [2.75, 3.05) is 13.2 Å². The minimum Gasteiger partial charge on any atom is -0.452 e. The van der Waals surface area contributed by atoms with Crippen molar-refractivity contribution in [1.82, 2.24) is 4.90 Å². The van der Waals surface area contributed by atoms with Gasteiger partial charge in [-0.05, 0) is 36.3 Å². The first kappa shape index (κ1) is 18.9. The van der Waals surface area contributed by atoms with E-state index in [2.05, 4.69) is 0 Å². The molecule has 2 aromatic carbocycles. The third-order valence-corrected chi connectivity index (χ3v) is 3.74. The number of carbonyl (C=O) groups is 2. The third-order valence-electron chi connectivity index (χ3n) is 3.74. The lowest BCUT2D eigenvalue weighted by molar-refractivity contribution is -0.148. The van der Waals surface area contributed by atoms with Crippen LogP contribution in [-0.2, 0) is 20.9 Å². The lowest BCUT2D eigenvalue weighted by Gasteiger charge is -2.20. The van der Waals surface area contributed by atoms with Gasteiger partial charge >= 0.3 is 5.97 Å². The summed E-state index contributed by atoms with van der Waals surface area (Å²) in [6.07, 6.45) is 2.84. The van der Waals surface area contributed by atoms with Crippen LogP contribution in [0.4, 0.5) is 0 Å². The predicted octanol–water partition coefficient (Wildman–Crippen LogP) is 3.16. The number of carbonyl (C=O) groups excluding carboxylic acids is 2. The van der Waals surface area contributed by atoms with Crippen molar-refractivity contribution in [3.05, 3.63) is 77.4 Å². The van der Waals surface area contributed by atoms with Crippen LogP contribution in [0.25, 0.3) is 6.08 Å². The molecule has 2 aromatic rings. The van der Waals surface area contributed by atoms with Crippen molar-refractivity contribution in [2.45, 2.75) is 13.5 Å². The van der Waals surface area contributed by atoms with E-state index in [1.807, 2.05) is 43.3 Å². The summed E-state index contributed by atoms with van der Waals surface area (Å²) in [6, 6.07) is 18.5. The number of amides is 1. The molecular formula is C21H20N2O3. The Hall–Kier alpha value is -3.39. The van der Waals surface area contributed by atoms with E-state index in [0.717, 1.165) is 11.1 Å². The Labute approximate surface area is 153 Å². The number of nitriles is 1. The van der Waals surface area contributed by atoms with E-state index in [9.17, 15) is 9.59 Å². The van der Waals surface area contributed by atoms with Crippen molar-refractivity contribution in [1.29, 1.82) is 5.26 Å². The molecule has 0 aromatic heterocycles. The number of hydrogen-bond acceptors (Lipinski definition) is 4. The predicted molar refractivity (Wildman–Crippen MR) is 98.7 cm³/mol. The molecule has 26 heavy (non-hydrogen) atoms. The molecule has 0 aliphatic carbocycles. The SMILES string of the molecule is CCN(Cc1ccccc1)C(=O)COC(=O)/C=C/c1ccc(C#N)cc1. The Morgan fingerprint density at radius 1 is 1.12 bits per heavy atom. The van der Waals surface area contributed by atoms with Crippen molar-refractivity contribution in [3.63, 3.8) is 0 Å². The first-order valence-electron chi connectivity index (χ1n) is 8.29. The van der Waals surface area contributed by atoms with Gasteiger partial charge in [-0.15, -0.1) is 0 Å². The highest BCUT2D eigenvalue weighted by Crippen LogP contribution is 2.06. The summed E-state index contributed by atoms with van der Waals surface area (Å²) in [5.41, 5.74) is 2.34. The van der Waals surface area contributed by atoms with Crippen molar-refractivity contribution in [3.8, 4) is 6.07 Å². The van der Waals surface area contributed by atoms with E-state index >= 15 is 0 Å². The summed E-state index contributed by atoms with van der Waals surface area (Å²) in [4.78, 5) is 25.6. The number of rotatable bonds is 7. The van der Waals surface area contributed by atoms with E-state index in [1.54, 1.807) is 35.2 Å². The number of hydrogen-bond donors (Lipinski definition) is 0. The van der Waals surface area contributed by atoms with Gasteiger partial charge in [0.15, 0.2) is 6.61 Å². The van der Waals surface area contributed by atoms with Crippen molar-refractivity contribution >= 4 is 18.0 Å². The largest absolute Gasteiger partial charge is 0.452 e. The van der Waals surface area contributed by atoms with E-state index in [4.69, 9.17) is 10.00 Å². The van der Waals surface area contributed by atoms with Gasteiger partial charge in [0.1, 0.15) is 0 Å². The smallest absolute Gasteiger partial charge is 0.331 e. The molecule has 0 radical (unpaired) electrons. The first-order valence-corrected chi connectivity index (χ1v) is 8.29. The molecule has 0 unspecified atom stereocenters. The molecule has 0 aliphatic rings. The molecule has 1 amide bonds. The second-order valence-electron chi connectivity index (χ2n) is 5.57.